The number of rotatable bonds is 7. The van der Waals surface area contributed by atoms with Gasteiger partial charge in [-0.1, -0.05) is 45.0 Å². The number of nitrogens with one attached hydrogen (secondary N) is 2. The van der Waals surface area contributed by atoms with E-state index >= 15 is 0 Å². The third-order valence-corrected chi connectivity index (χ3v) is 6.89. The van der Waals surface area contributed by atoms with E-state index in [9.17, 15) is 0 Å². The largest absolute Gasteiger partial charge is 0.315 e. The maximum absolute atomic E-state index is 3.82. The normalized spacial score (nSPS) is 31.7. The number of benzene rings is 1. The summed E-state index contributed by atoms with van der Waals surface area (Å²) in [6.45, 7) is 12.9. The zero-order valence-electron chi connectivity index (χ0n) is 15.4. The van der Waals surface area contributed by atoms with Crippen molar-refractivity contribution in [1.29, 1.82) is 0 Å². The molecule has 1 aromatic rings. The van der Waals surface area contributed by atoms with E-state index < -0.39 is 0 Å². The minimum absolute atomic E-state index is 0.601. The van der Waals surface area contributed by atoms with Gasteiger partial charge in [0.05, 0.1) is 0 Å². The molecule has 2 bridgehead atoms. The van der Waals surface area contributed by atoms with Crippen LogP contribution in [-0.2, 0) is 6.42 Å². The molecule has 3 fully saturated rings. The molecule has 0 heterocycles. The first-order chi connectivity index (χ1) is 11.0. The van der Waals surface area contributed by atoms with Crippen molar-refractivity contribution in [2.75, 3.05) is 19.6 Å². The number of aryl methyl sites for hydroxylation is 1. The van der Waals surface area contributed by atoms with E-state index in [1.807, 2.05) is 0 Å². The molecular formula is C21H34N2. The quantitative estimate of drug-likeness (QED) is 0.748. The van der Waals surface area contributed by atoms with Crippen LogP contribution in [0.4, 0.5) is 0 Å². The number of hydrogen-bond acceptors (Lipinski definition) is 2. The summed E-state index contributed by atoms with van der Waals surface area (Å²) in [7, 11) is 0. The zero-order chi connectivity index (χ0) is 16.4. The number of hydrogen-bond donors (Lipinski definition) is 2. The minimum atomic E-state index is 0.601. The second-order valence-corrected chi connectivity index (χ2v) is 8.44. The van der Waals surface area contributed by atoms with Crippen LogP contribution < -0.4 is 10.6 Å². The van der Waals surface area contributed by atoms with Gasteiger partial charge in [-0.25, -0.2) is 0 Å². The lowest BCUT2D eigenvalue weighted by Crippen LogP contribution is -2.60. The van der Waals surface area contributed by atoms with Gasteiger partial charge in [0.2, 0.25) is 0 Å². The van der Waals surface area contributed by atoms with Crippen molar-refractivity contribution < 1.29 is 0 Å². The van der Waals surface area contributed by atoms with Crippen molar-refractivity contribution in [1.82, 2.24) is 10.6 Å². The Kier molecular flexibility index (Phi) is 5.13. The molecule has 23 heavy (non-hydrogen) atoms. The second-order valence-electron chi connectivity index (χ2n) is 8.44. The van der Waals surface area contributed by atoms with E-state index in [0.29, 0.717) is 5.41 Å². The fraction of sp³-hybridized carbons (Fsp3) is 0.714. The highest BCUT2D eigenvalue weighted by molar-refractivity contribution is 5.25. The highest BCUT2D eigenvalue weighted by atomic mass is 15.0. The molecule has 2 heteroatoms. The van der Waals surface area contributed by atoms with Gasteiger partial charge in [0.25, 0.3) is 0 Å². The summed E-state index contributed by atoms with van der Waals surface area (Å²) in [5.74, 6) is 2.73. The van der Waals surface area contributed by atoms with Crippen LogP contribution in [0.15, 0.2) is 24.3 Å². The molecule has 3 aliphatic rings. The van der Waals surface area contributed by atoms with E-state index in [1.54, 1.807) is 0 Å². The lowest BCUT2D eigenvalue weighted by molar-refractivity contribution is -0.114. The lowest BCUT2D eigenvalue weighted by atomic mass is 9.45. The van der Waals surface area contributed by atoms with Crippen LogP contribution in [0.5, 0.6) is 0 Å². The predicted molar refractivity (Wildman–Crippen MR) is 98.7 cm³/mol. The summed E-state index contributed by atoms with van der Waals surface area (Å²) < 4.78 is 0. The summed E-state index contributed by atoms with van der Waals surface area (Å²) >= 11 is 0. The monoisotopic (exact) mass is 314 g/mol. The predicted octanol–water partition coefficient (Wildman–Crippen LogP) is 3.79. The molecule has 0 aliphatic heterocycles. The van der Waals surface area contributed by atoms with E-state index in [4.69, 9.17) is 0 Å². The Balaban J connectivity index is 1.31. The highest BCUT2D eigenvalue weighted by Gasteiger charge is 2.55. The van der Waals surface area contributed by atoms with Crippen LogP contribution in [0.1, 0.15) is 44.7 Å². The van der Waals surface area contributed by atoms with Crippen LogP contribution >= 0.6 is 0 Å². The Morgan fingerprint density at radius 2 is 1.87 bits per heavy atom. The molecule has 2 nitrogen and oxygen atoms in total. The average molecular weight is 315 g/mol. The third kappa shape index (κ3) is 3.49. The maximum Gasteiger partial charge on any atom is 0.00989 e. The van der Waals surface area contributed by atoms with Crippen LogP contribution in [-0.4, -0.2) is 25.7 Å². The molecule has 2 N–H and O–H groups in total. The Morgan fingerprint density at radius 3 is 2.57 bits per heavy atom. The Labute approximate surface area is 142 Å². The zero-order valence-corrected chi connectivity index (χ0v) is 15.4. The summed E-state index contributed by atoms with van der Waals surface area (Å²) in [4.78, 5) is 0. The van der Waals surface area contributed by atoms with Gasteiger partial charge in [-0.15, -0.1) is 0 Å². The first kappa shape index (κ1) is 17.0. The van der Waals surface area contributed by atoms with Crippen LogP contribution in [0, 0.1) is 30.1 Å². The second kappa shape index (κ2) is 6.94. The van der Waals surface area contributed by atoms with Gasteiger partial charge < -0.3 is 10.6 Å². The molecule has 2 unspecified atom stereocenters. The molecular weight excluding hydrogens is 280 g/mol. The fourth-order valence-electron chi connectivity index (χ4n) is 5.00. The molecule has 4 atom stereocenters. The summed E-state index contributed by atoms with van der Waals surface area (Å²) in [5, 5.41) is 7.41. The summed E-state index contributed by atoms with van der Waals surface area (Å²) in [6.07, 6.45) is 3.99. The third-order valence-electron chi connectivity index (χ3n) is 6.89. The molecule has 128 valence electrons. The topological polar surface area (TPSA) is 24.1 Å². The van der Waals surface area contributed by atoms with Crippen molar-refractivity contribution in [3.8, 4) is 0 Å². The van der Waals surface area contributed by atoms with Crippen molar-refractivity contribution in [3.63, 3.8) is 0 Å². The number of fused-ring (bicyclic) bond motifs is 2. The van der Waals surface area contributed by atoms with E-state index in [-0.39, 0.29) is 0 Å². The Hall–Kier alpha value is -0.860. The molecule has 4 rings (SSSR count). The van der Waals surface area contributed by atoms with Crippen LogP contribution in [0.3, 0.4) is 0 Å². The van der Waals surface area contributed by atoms with Crippen molar-refractivity contribution >= 4 is 0 Å². The van der Waals surface area contributed by atoms with Gasteiger partial charge in [-0.05, 0) is 67.0 Å². The minimum Gasteiger partial charge on any atom is -0.315 e. The van der Waals surface area contributed by atoms with E-state index in [2.05, 4.69) is 62.6 Å². The Morgan fingerprint density at radius 1 is 1.09 bits per heavy atom. The molecule has 1 aromatic carbocycles. The van der Waals surface area contributed by atoms with Crippen molar-refractivity contribution in [2.45, 2.75) is 53.0 Å². The van der Waals surface area contributed by atoms with Gasteiger partial charge in [0.15, 0.2) is 0 Å². The molecule has 0 aromatic heterocycles. The molecule has 0 spiro atoms. The molecule has 0 amide bonds. The maximum atomic E-state index is 3.82. The molecule has 0 saturated heterocycles. The first-order valence-electron chi connectivity index (χ1n) is 9.48. The standard InChI is InChI=1S/C21H34N2/c1-15-7-5-6-8-17(15)9-10-22-11-12-23-20-14-18-13-19(16(20)2)21(18,3)4/h5-8,16,18-20,22-23H,9-14H2,1-4H3/t16?,18?,19-,20+/m0/s1. The smallest absolute Gasteiger partial charge is 0.00989 e. The van der Waals surface area contributed by atoms with Gasteiger partial charge in [0.1, 0.15) is 0 Å². The molecule has 3 aliphatic carbocycles. The highest BCUT2D eigenvalue weighted by Crippen LogP contribution is 2.61. The Bertz CT molecular complexity index is 522. The first-order valence-corrected chi connectivity index (χ1v) is 9.48. The van der Waals surface area contributed by atoms with Crippen molar-refractivity contribution in [3.05, 3.63) is 35.4 Å². The average Bonchev–Trinajstić information content (AvgIpc) is 2.53. The fourth-order valence-corrected chi connectivity index (χ4v) is 5.00. The van der Waals surface area contributed by atoms with Gasteiger partial charge >= 0.3 is 0 Å². The van der Waals surface area contributed by atoms with Crippen LogP contribution in [0.2, 0.25) is 0 Å². The summed E-state index contributed by atoms with van der Waals surface area (Å²) in [6, 6.07) is 9.44. The molecule has 0 radical (unpaired) electrons. The van der Waals surface area contributed by atoms with Crippen LogP contribution in [0.25, 0.3) is 0 Å². The van der Waals surface area contributed by atoms with E-state index in [0.717, 1.165) is 49.9 Å². The lowest BCUT2D eigenvalue weighted by Gasteiger charge is -2.62. The van der Waals surface area contributed by atoms with E-state index in [1.165, 1.54) is 24.0 Å². The van der Waals surface area contributed by atoms with Gasteiger partial charge in [-0.3, -0.25) is 0 Å². The van der Waals surface area contributed by atoms with Gasteiger partial charge in [0, 0.05) is 19.1 Å². The summed E-state index contributed by atoms with van der Waals surface area (Å²) in [5.41, 5.74) is 3.48. The molecule has 3 saturated carbocycles. The van der Waals surface area contributed by atoms with Gasteiger partial charge in [-0.2, -0.15) is 0 Å². The SMILES string of the molecule is Cc1ccccc1CCNCCN[C@@H]1CC2C[C@@H](C1C)C2(C)C. The van der Waals surface area contributed by atoms with Crippen molar-refractivity contribution in [2.24, 2.45) is 23.2 Å².